The summed E-state index contributed by atoms with van der Waals surface area (Å²) in [6.45, 7) is 2.87. The van der Waals surface area contributed by atoms with Gasteiger partial charge < -0.3 is 9.88 Å². The minimum Gasteiger partial charge on any atom is -0.369 e. The molecule has 1 fully saturated rings. The Labute approximate surface area is 114 Å². The highest BCUT2D eigenvalue weighted by atomic mass is 79.9. The number of rotatable bonds is 4. The molecular formula is C12H14BrN5. The molecule has 6 heteroatoms. The van der Waals surface area contributed by atoms with Crippen molar-refractivity contribution in [2.75, 3.05) is 11.9 Å². The van der Waals surface area contributed by atoms with Crippen LogP contribution in [0.5, 0.6) is 0 Å². The van der Waals surface area contributed by atoms with E-state index in [9.17, 15) is 0 Å². The molecule has 2 aromatic rings. The van der Waals surface area contributed by atoms with Gasteiger partial charge in [0, 0.05) is 18.8 Å². The summed E-state index contributed by atoms with van der Waals surface area (Å²) in [6.07, 6.45) is 7.92. The van der Waals surface area contributed by atoms with Crippen molar-refractivity contribution in [3.8, 4) is 11.5 Å². The first-order valence-electron chi connectivity index (χ1n) is 6.08. The highest BCUT2D eigenvalue weighted by molar-refractivity contribution is 9.10. The largest absolute Gasteiger partial charge is 0.369 e. The fourth-order valence-corrected chi connectivity index (χ4v) is 2.23. The lowest BCUT2D eigenvalue weighted by Gasteiger charge is -2.08. The summed E-state index contributed by atoms with van der Waals surface area (Å²) in [4.78, 5) is 13.1. The first kappa shape index (κ1) is 11.6. The molecule has 0 spiro atoms. The van der Waals surface area contributed by atoms with E-state index in [0.717, 1.165) is 28.4 Å². The van der Waals surface area contributed by atoms with Gasteiger partial charge in [0.05, 0.1) is 17.0 Å². The maximum atomic E-state index is 4.55. The number of hydrogen-bond acceptors (Lipinski definition) is 4. The molecule has 18 heavy (non-hydrogen) atoms. The fraction of sp³-hybridized carbons (Fsp3) is 0.417. The van der Waals surface area contributed by atoms with Crippen molar-refractivity contribution in [1.82, 2.24) is 19.5 Å². The van der Waals surface area contributed by atoms with Crippen molar-refractivity contribution in [2.24, 2.45) is 0 Å². The maximum Gasteiger partial charge on any atom is 0.179 e. The van der Waals surface area contributed by atoms with Crippen LogP contribution >= 0.6 is 15.9 Å². The Morgan fingerprint density at radius 2 is 2.28 bits per heavy atom. The van der Waals surface area contributed by atoms with E-state index in [4.69, 9.17) is 0 Å². The first-order chi connectivity index (χ1) is 8.79. The van der Waals surface area contributed by atoms with Crippen LogP contribution in [0.2, 0.25) is 0 Å². The Balaban J connectivity index is 2.00. The second-order valence-electron chi connectivity index (χ2n) is 4.34. The molecule has 5 nitrogen and oxygen atoms in total. The lowest BCUT2D eigenvalue weighted by molar-refractivity contribution is 0.743. The van der Waals surface area contributed by atoms with Gasteiger partial charge in [-0.1, -0.05) is 0 Å². The summed E-state index contributed by atoms with van der Waals surface area (Å²) in [5.74, 6) is 1.55. The zero-order valence-corrected chi connectivity index (χ0v) is 11.7. The molecule has 2 heterocycles. The molecule has 0 saturated heterocycles. The van der Waals surface area contributed by atoms with Crippen LogP contribution in [0.3, 0.4) is 0 Å². The molecule has 0 atom stereocenters. The first-order valence-corrected chi connectivity index (χ1v) is 6.87. The average molecular weight is 308 g/mol. The zero-order valence-electron chi connectivity index (χ0n) is 10.1. The molecule has 1 aliphatic carbocycles. The van der Waals surface area contributed by atoms with Gasteiger partial charge in [-0.2, -0.15) is 0 Å². The number of anilines is 1. The second kappa shape index (κ2) is 4.68. The van der Waals surface area contributed by atoms with E-state index < -0.39 is 0 Å². The summed E-state index contributed by atoms with van der Waals surface area (Å²) in [5, 5.41) is 3.21. The van der Waals surface area contributed by atoms with Crippen molar-refractivity contribution in [2.45, 2.75) is 25.8 Å². The minimum absolute atomic E-state index is 0.581. The quantitative estimate of drug-likeness (QED) is 0.943. The highest BCUT2D eigenvalue weighted by Gasteiger charge is 2.26. The topological polar surface area (TPSA) is 55.6 Å². The van der Waals surface area contributed by atoms with E-state index in [1.165, 1.54) is 12.8 Å². The number of hydrogen-bond donors (Lipinski definition) is 1. The zero-order chi connectivity index (χ0) is 12.5. The monoisotopic (exact) mass is 307 g/mol. The summed E-state index contributed by atoms with van der Waals surface area (Å²) in [7, 11) is 0. The van der Waals surface area contributed by atoms with Crippen LogP contribution in [0.1, 0.15) is 25.8 Å². The van der Waals surface area contributed by atoms with Gasteiger partial charge in [-0.3, -0.25) is 0 Å². The number of aromatic nitrogens is 4. The number of imidazole rings is 1. The molecule has 0 aromatic carbocycles. The van der Waals surface area contributed by atoms with Gasteiger partial charge in [0.2, 0.25) is 0 Å². The van der Waals surface area contributed by atoms with E-state index in [1.807, 2.05) is 19.4 Å². The lowest BCUT2D eigenvalue weighted by Crippen LogP contribution is -2.04. The smallest absolute Gasteiger partial charge is 0.179 e. The van der Waals surface area contributed by atoms with Gasteiger partial charge >= 0.3 is 0 Å². The molecule has 3 rings (SSSR count). The molecule has 1 saturated carbocycles. The third-order valence-electron chi connectivity index (χ3n) is 2.92. The standard InChI is InChI=1S/C12H14BrN5/c1-2-15-11-9(13)5-16-12(17-11)10-6-14-7-18(10)8-3-4-8/h5-8H,2-4H2,1H3,(H,15,16,17). The summed E-state index contributed by atoms with van der Waals surface area (Å²) in [6, 6.07) is 0.581. The predicted molar refractivity (Wildman–Crippen MR) is 73.4 cm³/mol. The van der Waals surface area contributed by atoms with E-state index in [1.54, 1.807) is 6.20 Å². The number of nitrogens with one attached hydrogen (secondary N) is 1. The van der Waals surface area contributed by atoms with Gasteiger partial charge in [0.15, 0.2) is 5.82 Å². The van der Waals surface area contributed by atoms with E-state index >= 15 is 0 Å². The molecule has 0 bridgehead atoms. The van der Waals surface area contributed by atoms with Gasteiger partial charge in [0.1, 0.15) is 11.5 Å². The Hall–Kier alpha value is -1.43. The van der Waals surface area contributed by atoms with E-state index in [-0.39, 0.29) is 0 Å². The summed E-state index contributed by atoms with van der Waals surface area (Å²) in [5.41, 5.74) is 0.990. The fourth-order valence-electron chi connectivity index (χ4n) is 1.90. The lowest BCUT2D eigenvalue weighted by atomic mass is 10.4. The van der Waals surface area contributed by atoms with Crippen LogP contribution in [0.25, 0.3) is 11.5 Å². The predicted octanol–water partition coefficient (Wildman–Crippen LogP) is 2.87. The second-order valence-corrected chi connectivity index (χ2v) is 5.19. The SMILES string of the molecule is CCNc1nc(-c2cncn2C2CC2)ncc1Br. The van der Waals surface area contributed by atoms with Crippen LogP contribution < -0.4 is 5.32 Å². The molecule has 1 N–H and O–H groups in total. The Morgan fingerprint density at radius 1 is 1.44 bits per heavy atom. The van der Waals surface area contributed by atoms with E-state index in [2.05, 4.69) is 40.8 Å². The number of nitrogens with zero attached hydrogens (tertiary/aromatic N) is 4. The third kappa shape index (κ3) is 2.12. The molecule has 2 aromatic heterocycles. The van der Waals surface area contributed by atoms with Crippen LogP contribution in [0.4, 0.5) is 5.82 Å². The highest BCUT2D eigenvalue weighted by Crippen LogP contribution is 2.37. The molecular weight excluding hydrogens is 294 g/mol. The Morgan fingerprint density at radius 3 is 3.00 bits per heavy atom. The van der Waals surface area contributed by atoms with Crippen molar-refractivity contribution in [3.05, 3.63) is 23.2 Å². The molecule has 0 radical (unpaired) electrons. The normalized spacial score (nSPS) is 14.8. The number of halogens is 1. The van der Waals surface area contributed by atoms with Crippen LogP contribution in [-0.2, 0) is 0 Å². The van der Waals surface area contributed by atoms with Crippen LogP contribution in [-0.4, -0.2) is 26.1 Å². The van der Waals surface area contributed by atoms with Crippen molar-refractivity contribution in [1.29, 1.82) is 0 Å². The van der Waals surface area contributed by atoms with E-state index in [0.29, 0.717) is 6.04 Å². The summed E-state index contributed by atoms with van der Waals surface area (Å²) < 4.78 is 3.05. The Bertz CT molecular complexity index is 561. The molecule has 0 amide bonds. The molecule has 94 valence electrons. The molecule has 0 unspecified atom stereocenters. The van der Waals surface area contributed by atoms with Crippen molar-refractivity contribution >= 4 is 21.7 Å². The molecule has 0 aliphatic heterocycles. The van der Waals surface area contributed by atoms with Gasteiger partial charge in [-0.15, -0.1) is 0 Å². The third-order valence-corrected chi connectivity index (χ3v) is 3.50. The molecule has 1 aliphatic rings. The van der Waals surface area contributed by atoms with Gasteiger partial charge in [-0.25, -0.2) is 15.0 Å². The van der Waals surface area contributed by atoms with Gasteiger partial charge in [-0.05, 0) is 35.7 Å². The van der Waals surface area contributed by atoms with Crippen LogP contribution in [0, 0.1) is 0 Å². The average Bonchev–Trinajstić information content (AvgIpc) is 3.10. The Kier molecular flexibility index (Phi) is 3.03. The minimum atomic E-state index is 0.581. The van der Waals surface area contributed by atoms with Crippen LogP contribution in [0.15, 0.2) is 23.2 Å². The summed E-state index contributed by atoms with van der Waals surface area (Å²) >= 11 is 3.44. The van der Waals surface area contributed by atoms with Gasteiger partial charge in [0.25, 0.3) is 0 Å². The van der Waals surface area contributed by atoms with Crippen molar-refractivity contribution in [3.63, 3.8) is 0 Å². The van der Waals surface area contributed by atoms with Crippen molar-refractivity contribution < 1.29 is 0 Å². The maximum absolute atomic E-state index is 4.55.